The third kappa shape index (κ3) is 4.30. The van der Waals surface area contributed by atoms with Gasteiger partial charge >= 0.3 is 11.8 Å². The maximum Gasteiger partial charge on any atom is 0.309 e. The smallest absolute Gasteiger partial charge is 0.309 e. The number of nitrogens with one attached hydrogen (secondary N) is 2. The highest BCUT2D eigenvalue weighted by molar-refractivity contribution is 6.35. The van der Waals surface area contributed by atoms with Gasteiger partial charge in [-0.1, -0.05) is 0 Å². The second-order valence-electron chi connectivity index (χ2n) is 7.03. The summed E-state index contributed by atoms with van der Waals surface area (Å²) >= 11 is 0. The maximum absolute atomic E-state index is 12.5. The molecule has 1 aliphatic carbocycles. The van der Waals surface area contributed by atoms with Crippen molar-refractivity contribution in [2.24, 2.45) is 13.0 Å². The van der Waals surface area contributed by atoms with Crippen LogP contribution in [0.2, 0.25) is 0 Å². The van der Waals surface area contributed by atoms with E-state index in [1.54, 1.807) is 30.3 Å². The van der Waals surface area contributed by atoms with Gasteiger partial charge in [-0.2, -0.15) is 0 Å². The fourth-order valence-corrected chi connectivity index (χ4v) is 3.07. The van der Waals surface area contributed by atoms with Crippen molar-refractivity contribution < 1.29 is 14.4 Å². The van der Waals surface area contributed by atoms with Crippen LogP contribution in [-0.2, 0) is 16.6 Å². The van der Waals surface area contributed by atoms with Crippen molar-refractivity contribution in [1.29, 1.82) is 0 Å². The molecule has 2 fully saturated rings. The number of aryl methyl sites for hydroxylation is 1. The van der Waals surface area contributed by atoms with Crippen LogP contribution in [0.5, 0.6) is 0 Å². The molecule has 0 spiro atoms. The second kappa shape index (κ2) is 7.72. The molecule has 1 saturated heterocycles. The first-order valence-corrected chi connectivity index (χ1v) is 8.99. The Balaban J connectivity index is 1.45. The molecule has 1 aromatic heterocycles. The minimum atomic E-state index is -0.594. The van der Waals surface area contributed by atoms with Gasteiger partial charge in [0, 0.05) is 38.9 Å². The van der Waals surface area contributed by atoms with Crippen LogP contribution >= 0.6 is 0 Å². The molecule has 1 aliphatic heterocycles. The molecule has 2 heterocycles. The standard InChI is InChI=1S/C18H24N4O4/c1-21-8-2-3-14(17(21)25)18(26)22-9-6-12(7-10-22)11-19-15(23)16(24)20-13-4-5-13/h2-3,8,12-13H,4-7,9-11H2,1H3,(H,19,23)(H,20,24). The molecule has 0 radical (unpaired) electrons. The molecule has 0 unspecified atom stereocenters. The Bertz CT molecular complexity index is 761. The minimum absolute atomic E-state index is 0.160. The summed E-state index contributed by atoms with van der Waals surface area (Å²) < 4.78 is 1.39. The van der Waals surface area contributed by atoms with Crippen LogP contribution in [0.3, 0.4) is 0 Å². The quantitative estimate of drug-likeness (QED) is 0.716. The molecule has 140 valence electrons. The van der Waals surface area contributed by atoms with E-state index < -0.39 is 11.8 Å². The van der Waals surface area contributed by atoms with Crippen molar-refractivity contribution in [3.05, 3.63) is 34.2 Å². The summed E-state index contributed by atoms with van der Waals surface area (Å²) in [6, 6.07) is 3.40. The van der Waals surface area contributed by atoms with E-state index >= 15 is 0 Å². The fraction of sp³-hybridized carbons (Fsp3) is 0.556. The molecule has 0 bridgehead atoms. The van der Waals surface area contributed by atoms with Crippen molar-refractivity contribution in [3.8, 4) is 0 Å². The number of hydrogen-bond donors (Lipinski definition) is 2. The van der Waals surface area contributed by atoms with Gasteiger partial charge in [-0.05, 0) is 43.7 Å². The van der Waals surface area contributed by atoms with Crippen LogP contribution < -0.4 is 16.2 Å². The van der Waals surface area contributed by atoms with Crippen LogP contribution in [-0.4, -0.2) is 52.9 Å². The molecule has 0 atom stereocenters. The molecule has 3 rings (SSSR count). The Morgan fingerprint density at radius 3 is 2.46 bits per heavy atom. The van der Waals surface area contributed by atoms with Gasteiger partial charge in [0.05, 0.1) is 0 Å². The third-order valence-electron chi connectivity index (χ3n) is 4.93. The van der Waals surface area contributed by atoms with E-state index in [-0.39, 0.29) is 29.0 Å². The first-order valence-electron chi connectivity index (χ1n) is 8.99. The van der Waals surface area contributed by atoms with Crippen molar-refractivity contribution in [3.63, 3.8) is 0 Å². The maximum atomic E-state index is 12.5. The molecule has 2 aliphatic rings. The van der Waals surface area contributed by atoms with Crippen LogP contribution in [0.25, 0.3) is 0 Å². The molecule has 1 aromatic rings. The van der Waals surface area contributed by atoms with E-state index in [2.05, 4.69) is 10.6 Å². The van der Waals surface area contributed by atoms with Gasteiger partial charge in [0.1, 0.15) is 5.56 Å². The second-order valence-corrected chi connectivity index (χ2v) is 7.03. The van der Waals surface area contributed by atoms with Gasteiger partial charge in [-0.15, -0.1) is 0 Å². The molecule has 1 saturated carbocycles. The Hall–Kier alpha value is -2.64. The predicted octanol–water partition coefficient (Wildman–Crippen LogP) is -0.368. The predicted molar refractivity (Wildman–Crippen MR) is 94.5 cm³/mol. The molecule has 3 amide bonds. The molecule has 2 N–H and O–H groups in total. The van der Waals surface area contributed by atoms with E-state index in [0.717, 1.165) is 25.7 Å². The average Bonchev–Trinajstić information content (AvgIpc) is 3.46. The number of rotatable bonds is 4. The number of likely N-dealkylation sites (tertiary alicyclic amines) is 1. The van der Waals surface area contributed by atoms with Gasteiger partial charge in [0.15, 0.2) is 0 Å². The van der Waals surface area contributed by atoms with E-state index in [9.17, 15) is 19.2 Å². The zero-order valence-electron chi connectivity index (χ0n) is 14.9. The van der Waals surface area contributed by atoms with Crippen molar-refractivity contribution in [1.82, 2.24) is 20.1 Å². The number of piperidine rings is 1. The minimum Gasteiger partial charge on any atom is -0.348 e. The number of amides is 3. The first kappa shape index (κ1) is 18.2. The Labute approximate surface area is 151 Å². The number of carbonyl (C=O) groups is 3. The van der Waals surface area contributed by atoms with E-state index in [4.69, 9.17) is 0 Å². The van der Waals surface area contributed by atoms with E-state index in [1.807, 2.05) is 0 Å². The Morgan fingerprint density at radius 1 is 1.12 bits per heavy atom. The summed E-state index contributed by atoms with van der Waals surface area (Å²) in [4.78, 5) is 49.6. The topological polar surface area (TPSA) is 101 Å². The summed E-state index contributed by atoms with van der Waals surface area (Å²) in [5.74, 6) is -1.20. The van der Waals surface area contributed by atoms with E-state index in [1.165, 1.54) is 4.57 Å². The summed E-state index contributed by atoms with van der Waals surface area (Å²) in [5.41, 5.74) is -0.118. The lowest BCUT2D eigenvalue weighted by atomic mass is 9.96. The number of carbonyl (C=O) groups excluding carboxylic acids is 3. The normalized spacial score (nSPS) is 17.7. The Morgan fingerprint density at radius 2 is 1.81 bits per heavy atom. The number of hydrogen-bond acceptors (Lipinski definition) is 4. The largest absolute Gasteiger partial charge is 0.348 e. The summed E-state index contributed by atoms with van der Waals surface area (Å²) in [6.07, 6.45) is 4.95. The van der Waals surface area contributed by atoms with Gasteiger partial charge < -0.3 is 20.1 Å². The molecule has 8 heteroatoms. The van der Waals surface area contributed by atoms with Gasteiger partial charge in [0.2, 0.25) is 0 Å². The van der Waals surface area contributed by atoms with Gasteiger partial charge in [-0.3, -0.25) is 19.2 Å². The highest BCUT2D eigenvalue weighted by Gasteiger charge is 2.28. The summed E-state index contributed by atoms with van der Waals surface area (Å²) in [7, 11) is 1.62. The lowest BCUT2D eigenvalue weighted by Gasteiger charge is -2.32. The first-order chi connectivity index (χ1) is 12.5. The molecule has 26 heavy (non-hydrogen) atoms. The monoisotopic (exact) mass is 360 g/mol. The van der Waals surface area contributed by atoms with Gasteiger partial charge in [-0.25, -0.2) is 0 Å². The van der Waals surface area contributed by atoms with Crippen molar-refractivity contribution in [2.45, 2.75) is 31.7 Å². The summed E-state index contributed by atoms with van der Waals surface area (Å²) in [6.45, 7) is 1.49. The Kier molecular flexibility index (Phi) is 5.39. The van der Waals surface area contributed by atoms with Gasteiger partial charge in [0.25, 0.3) is 11.5 Å². The van der Waals surface area contributed by atoms with Crippen LogP contribution in [0, 0.1) is 5.92 Å². The summed E-state index contributed by atoms with van der Waals surface area (Å²) in [5, 5.41) is 5.33. The lowest BCUT2D eigenvalue weighted by molar-refractivity contribution is -0.139. The van der Waals surface area contributed by atoms with E-state index in [0.29, 0.717) is 19.6 Å². The zero-order chi connectivity index (χ0) is 18.7. The zero-order valence-corrected chi connectivity index (χ0v) is 14.9. The van der Waals surface area contributed by atoms with Crippen LogP contribution in [0.15, 0.2) is 23.1 Å². The number of aromatic nitrogens is 1. The number of pyridine rings is 1. The molecular formula is C18H24N4O4. The average molecular weight is 360 g/mol. The highest BCUT2D eigenvalue weighted by atomic mass is 16.2. The van der Waals surface area contributed by atoms with Crippen molar-refractivity contribution in [2.75, 3.05) is 19.6 Å². The third-order valence-corrected chi connectivity index (χ3v) is 4.93. The molecule has 8 nitrogen and oxygen atoms in total. The highest BCUT2D eigenvalue weighted by Crippen LogP contribution is 2.19. The SMILES string of the molecule is Cn1cccc(C(=O)N2CCC(CNC(=O)C(=O)NC3CC3)CC2)c1=O. The van der Waals surface area contributed by atoms with Crippen LogP contribution in [0.4, 0.5) is 0 Å². The number of nitrogens with zero attached hydrogens (tertiary/aromatic N) is 2. The van der Waals surface area contributed by atoms with Crippen molar-refractivity contribution >= 4 is 17.7 Å². The fourth-order valence-electron chi connectivity index (χ4n) is 3.07. The van der Waals surface area contributed by atoms with Crippen LogP contribution in [0.1, 0.15) is 36.0 Å². The lowest BCUT2D eigenvalue weighted by Crippen LogP contribution is -2.45. The molecular weight excluding hydrogens is 336 g/mol. The molecule has 0 aromatic carbocycles.